The second kappa shape index (κ2) is 8.52. The lowest BCUT2D eigenvalue weighted by Gasteiger charge is -2.61. The summed E-state index contributed by atoms with van der Waals surface area (Å²) < 4.78 is 0. The van der Waals surface area contributed by atoms with E-state index in [1.165, 1.54) is 70.6 Å². The number of carbonyl (C=O) groups is 1. The maximum atomic E-state index is 10.7. The summed E-state index contributed by atoms with van der Waals surface area (Å²) in [7, 11) is 0. The van der Waals surface area contributed by atoms with Crippen LogP contribution in [0.4, 0.5) is 0 Å². The summed E-state index contributed by atoms with van der Waals surface area (Å²) in [5.74, 6) is 4.91. The van der Waals surface area contributed by atoms with Gasteiger partial charge in [0.2, 0.25) is 0 Å². The number of rotatable bonds is 7. The maximum Gasteiger partial charge on any atom is 0.317 e. The van der Waals surface area contributed by atoms with Crippen molar-refractivity contribution >= 4 is 5.97 Å². The summed E-state index contributed by atoms with van der Waals surface area (Å²) in [5.41, 5.74) is 1.22. The van der Waals surface area contributed by atoms with Gasteiger partial charge in [-0.25, -0.2) is 0 Å². The Morgan fingerprint density at radius 1 is 1.00 bits per heavy atom. The van der Waals surface area contributed by atoms with E-state index in [0.29, 0.717) is 10.8 Å². The predicted molar refractivity (Wildman–Crippen MR) is 119 cm³/mol. The Balaban J connectivity index is 1.38. The van der Waals surface area contributed by atoms with E-state index in [1.807, 2.05) is 0 Å². The topological polar surface area (TPSA) is 49.3 Å². The third-order valence-corrected chi connectivity index (χ3v) is 10.6. The van der Waals surface area contributed by atoms with Crippen LogP contribution in [-0.4, -0.2) is 24.2 Å². The molecule has 0 aliphatic heterocycles. The van der Waals surface area contributed by atoms with Gasteiger partial charge in [0.15, 0.2) is 0 Å². The summed E-state index contributed by atoms with van der Waals surface area (Å²) >= 11 is 0. The number of nitrogens with one attached hydrogen (secondary N) is 1. The molecule has 0 aromatic carbocycles. The minimum absolute atomic E-state index is 0.0976. The van der Waals surface area contributed by atoms with Crippen molar-refractivity contribution < 1.29 is 9.90 Å². The van der Waals surface area contributed by atoms with Gasteiger partial charge in [-0.1, -0.05) is 33.6 Å². The van der Waals surface area contributed by atoms with Gasteiger partial charge in [-0.05, 0) is 117 Å². The van der Waals surface area contributed by atoms with Crippen molar-refractivity contribution in [1.82, 2.24) is 5.32 Å². The van der Waals surface area contributed by atoms with E-state index in [1.54, 1.807) is 0 Å². The number of carboxylic acids is 1. The van der Waals surface area contributed by atoms with Gasteiger partial charge in [0.05, 0.1) is 6.54 Å². The van der Waals surface area contributed by atoms with Crippen molar-refractivity contribution in [2.75, 3.05) is 13.1 Å². The molecule has 0 spiro atoms. The van der Waals surface area contributed by atoms with Crippen LogP contribution in [0.3, 0.4) is 0 Å². The molecule has 3 nitrogen and oxygen atoms in total. The highest BCUT2D eigenvalue weighted by atomic mass is 16.4. The van der Waals surface area contributed by atoms with Crippen LogP contribution in [0.1, 0.15) is 97.8 Å². The zero-order valence-corrected chi connectivity index (χ0v) is 19.2. The molecule has 0 radical (unpaired) electrons. The van der Waals surface area contributed by atoms with Gasteiger partial charge in [-0.15, -0.1) is 0 Å². The third-order valence-electron chi connectivity index (χ3n) is 10.6. The molecule has 0 amide bonds. The van der Waals surface area contributed by atoms with E-state index >= 15 is 0 Å². The molecule has 0 heterocycles. The van der Waals surface area contributed by atoms with Crippen molar-refractivity contribution in [3.8, 4) is 0 Å². The Bertz CT molecular complexity index is 591. The first kappa shape index (κ1) is 21.7. The lowest BCUT2D eigenvalue weighted by molar-refractivity contribution is -0.135. The maximum absolute atomic E-state index is 10.7. The van der Waals surface area contributed by atoms with Crippen molar-refractivity contribution in [3.05, 3.63) is 0 Å². The lowest BCUT2D eigenvalue weighted by Crippen LogP contribution is -2.53. The van der Waals surface area contributed by atoms with Crippen LogP contribution in [0.2, 0.25) is 0 Å². The molecular formula is C26H45NO2. The summed E-state index contributed by atoms with van der Waals surface area (Å²) in [6.07, 6.45) is 17.2. The highest BCUT2D eigenvalue weighted by Gasteiger charge is 2.59. The summed E-state index contributed by atoms with van der Waals surface area (Å²) in [6.45, 7) is 8.78. The predicted octanol–water partition coefficient (Wildman–Crippen LogP) is 6.13. The fourth-order valence-electron chi connectivity index (χ4n) is 9.22. The molecule has 1 unspecified atom stereocenters. The zero-order valence-electron chi connectivity index (χ0n) is 19.2. The molecule has 4 saturated carbocycles. The lowest BCUT2D eigenvalue weighted by atomic mass is 9.44. The quantitative estimate of drug-likeness (QED) is 0.503. The molecule has 2 N–H and O–H groups in total. The Kier molecular flexibility index (Phi) is 6.36. The van der Waals surface area contributed by atoms with Crippen LogP contribution in [0.25, 0.3) is 0 Å². The van der Waals surface area contributed by atoms with Crippen molar-refractivity contribution in [3.63, 3.8) is 0 Å². The number of fused-ring (bicyclic) bond motifs is 5. The highest BCUT2D eigenvalue weighted by molar-refractivity contribution is 5.68. The molecule has 0 saturated heterocycles. The summed E-state index contributed by atoms with van der Waals surface area (Å²) in [6, 6.07) is 0. The molecule has 4 rings (SSSR count). The minimum Gasteiger partial charge on any atom is -0.480 e. The monoisotopic (exact) mass is 403 g/mol. The van der Waals surface area contributed by atoms with Crippen LogP contribution in [-0.2, 0) is 4.79 Å². The molecule has 4 fully saturated rings. The Morgan fingerprint density at radius 2 is 1.79 bits per heavy atom. The van der Waals surface area contributed by atoms with Crippen LogP contribution >= 0.6 is 0 Å². The number of hydrogen-bond acceptors (Lipinski definition) is 2. The molecule has 0 bridgehead atoms. The van der Waals surface area contributed by atoms with E-state index < -0.39 is 5.97 Å². The molecular weight excluding hydrogens is 358 g/mol. The molecule has 166 valence electrons. The first-order valence-corrected chi connectivity index (χ1v) is 12.8. The molecule has 3 heteroatoms. The van der Waals surface area contributed by atoms with Gasteiger partial charge in [0, 0.05) is 0 Å². The van der Waals surface area contributed by atoms with Crippen molar-refractivity contribution in [2.24, 2.45) is 46.3 Å². The van der Waals surface area contributed by atoms with E-state index in [2.05, 4.69) is 26.1 Å². The van der Waals surface area contributed by atoms with Crippen LogP contribution in [0.15, 0.2) is 0 Å². The molecule has 0 aromatic rings. The first-order valence-electron chi connectivity index (χ1n) is 12.8. The van der Waals surface area contributed by atoms with Crippen LogP contribution in [0, 0.1) is 46.3 Å². The third kappa shape index (κ3) is 3.90. The van der Waals surface area contributed by atoms with Crippen molar-refractivity contribution in [2.45, 2.75) is 97.8 Å². The summed E-state index contributed by atoms with van der Waals surface area (Å²) in [4.78, 5) is 10.7. The van der Waals surface area contributed by atoms with Gasteiger partial charge in [-0.3, -0.25) is 4.79 Å². The van der Waals surface area contributed by atoms with Crippen LogP contribution < -0.4 is 5.32 Å². The van der Waals surface area contributed by atoms with Gasteiger partial charge < -0.3 is 10.4 Å². The molecule has 0 aromatic heterocycles. The van der Waals surface area contributed by atoms with Gasteiger partial charge >= 0.3 is 5.97 Å². The second-order valence-electron chi connectivity index (χ2n) is 11.8. The van der Waals surface area contributed by atoms with Gasteiger partial charge in [0.1, 0.15) is 0 Å². The second-order valence-corrected chi connectivity index (χ2v) is 11.8. The van der Waals surface area contributed by atoms with Crippen LogP contribution in [0.5, 0.6) is 0 Å². The first-order chi connectivity index (χ1) is 13.9. The normalized spacial score (nSPS) is 45.1. The largest absolute Gasteiger partial charge is 0.480 e. The van der Waals surface area contributed by atoms with E-state index in [0.717, 1.165) is 48.5 Å². The Morgan fingerprint density at radius 3 is 2.59 bits per heavy atom. The number of aliphatic carboxylic acids is 1. The van der Waals surface area contributed by atoms with Gasteiger partial charge in [0.25, 0.3) is 0 Å². The molecule has 8 atom stereocenters. The van der Waals surface area contributed by atoms with Gasteiger partial charge in [-0.2, -0.15) is 0 Å². The van der Waals surface area contributed by atoms with E-state index in [4.69, 9.17) is 5.11 Å². The van der Waals surface area contributed by atoms with E-state index in [-0.39, 0.29) is 6.54 Å². The summed E-state index contributed by atoms with van der Waals surface area (Å²) in [5, 5.41) is 11.8. The van der Waals surface area contributed by atoms with E-state index in [9.17, 15) is 4.79 Å². The minimum atomic E-state index is -0.748. The fraction of sp³-hybridized carbons (Fsp3) is 0.962. The SMILES string of the molecule is C[C@H](CCCNCC(=O)O)[C@H]1CC[C@H]2[C@@H]3CCC4CCCC[C@]4(C)[C@H]3CC[C@]12C. The Labute approximate surface area is 178 Å². The number of carboxylic acid groups (broad SMARTS) is 1. The molecule has 4 aliphatic carbocycles. The highest BCUT2D eigenvalue weighted by Crippen LogP contribution is 2.68. The Hall–Kier alpha value is -0.570. The number of hydrogen-bond donors (Lipinski definition) is 2. The average molecular weight is 404 g/mol. The fourth-order valence-corrected chi connectivity index (χ4v) is 9.22. The standard InChI is InChI=1S/C26H45NO2/c1-18(7-6-16-27-17-24(28)29)21-11-12-22-20-10-9-19-8-4-5-14-25(19,2)23(20)13-15-26(21,22)3/h18-23,27H,4-17H2,1-3H3,(H,28,29)/t18-,19?,20+,21-,22+,23+,25+,26-/m1/s1. The molecule has 29 heavy (non-hydrogen) atoms. The smallest absolute Gasteiger partial charge is 0.317 e. The molecule has 4 aliphatic rings. The zero-order chi connectivity index (χ0) is 20.6. The average Bonchev–Trinajstić information content (AvgIpc) is 3.04. The van der Waals surface area contributed by atoms with Crippen molar-refractivity contribution in [1.29, 1.82) is 0 Å².